The van der Waals surface area contributed by atoms with Crippen molar-refractivity contribution >= 4 is 34.2 Å². The van der Waals surface area contributed by atoms with Gasteiger partial charge in [-0.2, -0.15) is 0 Å². The van der Waals surface area contributed by atoms with Crippen molar-refractivity contribution in [1.29, 1.82) is 0 Å². The molecule has 1 amide bonds. The predicted octanol–water partition coefficient (Wildman–Crippen LogP) is 4.90. The van der Waals surface area contributed by atoms with Crippen LogP contribution in [-0.2, 0) is 6.42 Å². The number of aryl methyl sites for hydroxylation is 1. The number of rotatable bonds is 7. The zero-order valence-corrected chi connectivity index (χ0v) is 16.3. The second-order valence-corrected chi connectivity index (χ2v) is 6.46. The van der Waals surface area contributed by atoms with Crippen LogP contribution in [0.1, 0.15) is 36.2 Å². The van der Waals surface area contributed by atoms with E-state index in [2.05, 4.69) is 34.8 Å². The van der Waals surface area contributed by atoms with Crippen LogP contribution in [0.4, 0.5) is 5.69 Å². The fourth-order valence-electron chi connectivity index (χ4n) is 2.34. The van der Waals surface area contributed by atoms with Crippen molar-refractivity contribution in [2.75, 3.05) is 19.0 Å². The molecule has 0 bridgehead atoms. The highest BCUT2D eigenvalue weighted by Gasteiger charge is 2.16. The lowest BCUT2D eigenvalue weighted by Gasteiger charge is -2.15. The van der Waals surface area contributed by atoms with Gasteiger partial charge in [0.15, 0.2) is 11.5 Å². The average molecular weight is 439 g/mol. The first kappa shape index (κ1) is 18.6. The fraction of sp³-hybridized carbons (Fsp3) is 0.316. The minimum Gasteiger partial charge on any atom is -0.493 e. The van der Waals surface area contributed by atoms with Crippen molar-refractivity contribution in [1.82, 2.24) is 0 Å². The van der Waals surface area contributed by atoms with Crippen LogP contribution < -0.4 is 14.8 Å². The van der Waals surface area contributed by atoms with Gasteiger partial charge in [0.25, 0.3) is 5.91 Å². The van der Waals surface area contributed by atoms with E-state index in [1.54, 1.807) is 13.2 Å². The van der Waals surface area contributed by atoms with Crippen molar-refractivity contribution in [2.45, 2.75) is 26.7 Å². The molecule has 2 aromatic carbocycles. The number of methoxy groups -OCH3 is 1. The molecule has 4 nitrogen and oxygen atoms in total. The Kier molecular flexibility index (Phi) is 6.90. The summed E-state index contributed by atoms with van der Waals surface area (Å²) in [4.78, 5) is 12.6. The molecule has 0 aliphatic carbocycles. The SMILES string of the molecule is CCCOc1c(I)cc(C(=O)Nc2ccccc2CC)cc1OC. The molecule has 2 aromatic rings. The number of nitrogens with one attached hydrogen (secondary N) is 1. The summed E-state index contributed by atoms with van der Waals surface area (Å²) in [5, 5.41) is 2.98. The second kappa shape index (κ2) is 8.92. The first-order chi connectivity index (χ1) is 11.6. The number of ether oxygens (including phenoxy) is 2. The van der Waals surface area contributed by atoms with Crippen molar-refractivity contribution in [3.05, 3.63) is 51.1 Å². The van der Waals surface area contributed by atoms with E-state index in [4.69, 9.17) is 9.47 Å². The molecule has 0 unspecified atom stereocenters. The Bertz CT molecular complexity index is 716. The number of hydrogen-bond donors (Lipinski definition) is 1. The molecule has 0 fully saturated rings. The highest BCUT2D eigenvalue weighted by Crippen LogP contribution is 2.34. The van der Waals surface area contributed by atoms with Crippen LogP contribution >= 0.6 is 22.6 Å². The number of halogens is 1. The lowest BCUT2D eigenvalue weighted by molar-refractivity contribution is 0.102. The van der Waals surface area contributed by atoms with Crippen LogP contribution in [0.2, 0.25) is 0 Å². The van der Waals surface area contributed by atoms with Crippen LogP contribution in [0, 0.1) is 3.57 Å². The van der Waals surface area contributed by atoms with Crippen LogP contribution in [0.15, 0.2) is 36.4 Å². The number of benzene rings is 2. The Morgan fingerprint density at radius 1 is 1.21 bits per heavy atom. The van der Waals surface area contributed by atoms with E-state index < -0.39 is 0 Å². The molecule has 0 saturated heterocycles. The highest BCUT2D eigenvalue weighted by atomic mass is 127. The van der Waals surface area contributed by atoms with E-state index in [1.807, 2.05) is 37.3 Å². The molecule has 0 aliphatic rings. The van der Waals surface area contributed by atoms with Crippen LogP contribution in [0.3, 0.4) is 0 Å². The largest absolute Gasteiger partial charge is 0.493 e. The molecular weight excluding hydrogens is 417 g/mol. The van der Waals surface area contributed by atoms with Crippen molar-refractivity contribution in [2.24, 2.45) is 0 Å². The molecule has 5 heteroatoms. The van der Waals surface area contributed by atoms with Crippen molar-refractivity contribution in [3.8, 4) is 11.5 Å². The maximum atomic E-state index is 12.6. The zero-order chi connectivity index (χ0) is 17.5. The number of para-hydroxylation sites is 1. The Morgan fingerprint density at radius 2 is 1.96 bits per heavy atom. The number of anilines is 1. The van der Waals surface area contributed by atoms with Gasteiger partial charge in [0.2, 0.25) is 0 Å². The third-order valence-corrected chi connectivity index (χ3v) is 4.39. The molecule has 0 aliphatic heterocycles. The monoisotopic (exact) mass is 439 g/mol. The summed E-state index contributed by atoms with van der Waals surface area (Å²) in [5.41, 5.74) is 2.49. The van der Waals surface area contributed by atoms with Crippen LogP contribution in [0.25, 0.3) is 0 Å². The number of carbonyl (C=O) groups excluding carboxylic acids is 1. The van der Waals surface area contributed by atoms with Gasteiger partial charge in [0, 0.05) is 11.3 Å². The molecule has 1 N–H and O–H groups in total. The summed E-state index contributed by atoms with van der Waals surface area (Å²) < 4.78 is 12.0. The van der Waals surface area contributed by atoms with Gasteiger partial charge in [-0.15, -0.1) is 0 Å². The standard InChI is InChI=1S/C19H22INO3/c1-4-10-24-18-15(20)11-14(12-17(18)23-3)19(22)21-16-9-7-6-8-13(16)5-2/h6-9,11-12H,4-5,10H2,1-3H3,(H,21,22). The van der Waals surface area contributed by atoms with Gasteiger partial charge in [-0.25, -0.2) is 0 Å². The lowest BCUT2D eigenvalue weighted by atomic mass is 10.1. The predicted molar refractivity (Wildman–Crippen MR) is 105 cm³/mol. The van der Waals surface area contributed by atoms with Gasteiger partial charge in [-0.3, -0.25) is 4.79 Å². The summed E-state index contributed by atoms with van der Waals surface area (Å²) in [5.74, 6) is 1.10. The molecule has 0 atom stereocenters. The molecule has 128 valence electrons. The minimum atomic E-state index is -0.158. The maximum Gasteiger partial charge on any atom is 0.255 e. The van der Waals surface area contributed by atoms with Crippen molar-refractivity contribution in [3.63, 3.8) is 0 Å². The molecule has 2 rings (SSSR count). The number of hydrogen-bond acceptors (Lipinski definition) is 3. The Balaban J connectivity index is 2.28. The van der Waals surface area contributed by atoms with E-state index >= 15 is 0 Å². The Hall–Kier alpha value is -1.76. The maximum absolute atomic E-state index is 12.6. The van der Waals surface area contributed by atoms with Gasteiger partial charge in [-0.1, -0.05) is 32.0 Å². The van der Waals surface area contributed by atoms with Gasteiger partial charge < -0.3 is 14.8 Å². The molecule has 0 heterocycles. The third kappa shape index (κ3) is 4.41. The van der Waals surface area contributed by atoms with Gasteiger partial charge in [0.1, 0.15) is 0 Å². The van der Waals surface area contributed by atoms with Gasteiger partial charge in [-0.05, 0) is 59.2 Å². The first-order valence-electron chi connectivity index (χ1n) is 8.00. The lowest BCUT2D eigenvalue weighted by Crippen LogP contribution is -2.14. The van der Waals surface area contributed by atoms with Gasteiger partial charge in [0.05, 0.1) is 17.3 Å². The minimum absolute atomic E-state index is 0.158. The number of amides is 1. The summed E-state index contributed by atoms with van der Waals surface area (Å²) in [6.07, 6.45) is 1.77. The third-order valence-electron chi connectivity index (χ3n) is 3.59. The van der Waals surface area contributed by atoms with E-state index in [0.29, 0.717) is 23.7 Å². The van der Waals surface area contributed by atoms with Crippen LogP contribution in [-0.4, -0.2) is 19.6 Å². The molecule has 0 spiro atoms. The fourth-order valence-corrected chi connectivity index (χ4v) is 3.10. The Morgan fingerprint density at radius 3 is 2.62 bits per heavy atom. The second-order valence-electron chi connectivity index (χ2n) is 5.30. The topological polar surface area (TPSA) is 47.6 Å². The summed E-state index contributed by atoms with van der Waals surface area (Å²) in [6.45, 7) is 4.73. The average Bonchev–Trinajstić information content (AvgIpc) is 2.60. The highest BCUT2D eigenvalue weighted by molar-refractivity contribution is 14.1. The molecule has 24 heavy (non-hydrogen) atoms. The van der Waals surface area contributed by atoms with Crippen molar-refractivity contribution < 1.29 is 14.3 Å². The smallest absolute Gasteiger partial charge is 0.255 e. The molecule has 0 saturated carbocycles. The zero-order valence-electron chi connectivity index (χ0n) is 14.2. The van der Waals surface area contributed by atoms with Crippen LogP contribution in [0.5, 0.6) is 11.5 Å². The number of carbonyl (C=O) groups is 1. The van der Waals surface area contributed by atoms with E-state index in [9.17, 15) is 4.79 Å². The molecule has 0 aromatic heterocycles. The molecular formula is C19H22INO3. The summed E-state index contributed by atoms with van der Waals surface area (Å²) in [7, 11) is 1.58. The van der Waals surface area contributed by atoms with E-state index in [-0.39, 0.29) is 5.91 Å². The molecule has 0 radical (unpaired) electrons. The van der Waals surface area contributed by atoms with E-state index in [0.717, 1.165) is 27.7 Å². The normalized spacial score (nSPS) is 10.3. The quantitative estimate of drug-likeness (QED) is 0.625. The first-order valence-corrected chi connectivity index (χ1v) is 9.08. The Labute approximate surface area is 156 Å². The van der Waals surface area contributed by atoms with E-state index in [1.165, 1.54) is 0 Å². The van der Waals surface area contributed by atoms with Gasteiger partial charge >= 0.3 is 0 Å². The summed E-state index contributed by atoms with van der Waals surface area (Å²) in [6, 6.07) is 11.4. The summed E-state index contributed by atoms with van der Waals surface area (Å²) >= 11 is 2.17.